The zero-order valence-electron chi connectivity index (χ0n) is 17.6. The van der Waals surface area contributed by atoms with Crippen LogP contribution in [0.25, 0.3) is 10.8 Å². The Bertz CT molecular complexity index is 1160. The van der Waals surface area contributed by atoms with Crippen LogP contribution in [0.15, 0.2) is 47.4 Å². The number of ether oxygens (including phenoxy) is 1. The van der Waals surface area contributed by atoms with Crippen molar-refractivity contribution < 1.29 is 22.7 Å². The van der Waals surface area contributed by atoms with Crippen molar-refractivity contribution >= 4 is 32.4 Å². The van der Waals surface area contributed by atoms with Crippen molar-refractivity contribution in [3.05, 3.63) is 42.5 Å². The van der Waals surface area contributed by atoms with Gasteiger partial charge in [-0.15, -0.1) is 0 Å². The molecule has 2 amide bonds. The normalized spacial score (nSPS) is 23.6. The van der Waals surface area contributed by atoms with Crippen molar-refractivity contribution in [1.82, 2.24) is 10.2 Å². The van der Waals surface area contributed by atoms with Crippen LogP contribution in [-0.4, -0.2) is 63.2 Å². The largest absolute Gasteiger partial charge is 0.378 e. The van der Waals surface area contributed by atoms with E-state index in [1.807, 2.05) is 24.3 Å². The molecule has 0 radical (unpaired) electrons. The van der Waals surface area contributed by atoms with Gasteiger partial charge in [0.05, 0.1) is 41.3 Å². The summed E-state index contributed by atoms with van der Waals surface area (Å²) in [7, 11) is -3.79. The third-order valence-electron chi connectivity index (χ3n) is 6.33. The second-order valence-corrected chi connectivity index (χ2v) is 10.3. The summed E-state index contributed by atoms with van der Waals surface area (Å²) < 4.78 is 32.6. The molecule has 1 saturated carbocycles. The first-order chi connectivity index (χ1) is 15.4. The number of carbonyl (C=O) groups is 2. The Hall–Kier alpha value is -2.96. The monoisotopic (exact) mass is 455 g/mol. The molecule has 2 aromatic rings. The van der Waals surface area contributed by atoms with E-state index in [0.717, 1.165) is 5.39 Å². The van der Waals surface area contributed by atoms with Crippen molar-refractivity contribution in [2.24, 2.45) is 11.8 Å². The van der Waals surface area contributed by atoms with Crippen molar-refractivity contribution in [1.29, 1.82) is 5.26 Å². The van der Waals surface area contributed by atoms with Gasteiger partial charge >= 0.3 is 0 Å². The Morgan fingerprint density at radius 3 is 2.50 bits per heavy atom. The first kappa shape index (κ1) is 22.2. The number of fused-ring (bicyclic) bond motifs is 1. The van der Waals surface area contributed by atoms with Gasteiger partial charge in [-0.05, 0) is 24.3 Å². The summed E-state index contributed by atoms with van der Waals surface area (Å²) in [6, 6.07) is 14.3. The molecule has 2 aliphatic rings. The van der Waals surface area contributed by atoms with Crippen molar-refractivity contribution in [3.63, 3.8) is 0 Å². The topological polar surface area (TPSA) is 117 Å². The SMILES string of the molecule is N#CCNC(=O)[C@@H]1CC(S(=O)(=O)c2cccc3ccccc23)C[C@H]1C(=O)N1CCOCC1. The summed E-state index contributed by atoms with van der Waals surface area (Å²) in [5, 5.41) is 11.9. The van der Waals surface area contributed by atoms with Gasteiger partial charge in [0.25, 0.3) is 0 Å². The number of nitriles is 1. The van der Waals surface area contributed by atoms with Crippen LogP contribution in [0.3, 0.4) is 0 Å². The van der Waals surface area contributed by atoms with E-state index in [4.69, 9.17) is 10.00 Å². The Kier molecular flexibility index (Phi) is 6.44. The molecule has 8 nitrogen and oxygen atoms in total. The third kappa shape index (κ3) is 4.20. The summed E-state index contributed by atoms with van der Waals surface area (Å²) in [6.45, 7) is 1.49. The molecule has 1 saturated heterocycles. The predicted octanol–water partition coefficient (Wildman–Crippen LogP) is 1.51. The molecule has 1 unspecified atom stereocenters. The summed E-state index contributed by atoms with van der Waals surface area (Å²) in [5.41, 5.74) is 0. The molecule has 3 atom stereocenters. The number of benzene rings is 2. The lowest BCUT2D eigenvalue weighted by molar-refractivity contribution is -0.144. The maximum atomic E-state index is 13.6. The highest BCUT2D eigenvalue weighted by Gasteiger charge is 2.48. The molecule has 2 aromatic carbocycles. The van der Waals surface area contributed by atoms with E-state index in [2.05, 4.69) is 5.32 Å². The Labute approximate surface area is 187 Å². The van der Waals surface area contributed by atoms with Crippen LogP contribution >= 0.6 is 0 Å². The van der Waals surface area contributed by atoms with Crippen LogP contribution in [0.2, 0.25) is 0 Å². The maximum absolute atomic E-state index is 13.6. The minimum absolute atomic E-state index is 0.0452. The quantitative estimate of drug-likeness (QED) is 0.683. The molecule has 168 valence electrons. The molecular formula is C23H25N3O5S. The molecule has 2 fully saturated rings. The summed E-state index contributed by atoms with van der Waals surface area (Å²) in [6.07, 6.45) is 0.121. The zero-order valence-corrected chi connectivity index (χ0v) is 18.4. The smallest absolute Gasteiger partial charge is 0.226 e. The number of hydrogen-bond acceptors (Lipinski definition) is 6. The second-order valence-electron chi connectivity index (χ2n) is 8.14. The van der Waals surface area contributed by atoms with Gasteiger partial charge in [0, 0.05) is 18.5 Å². The second kappa shape index (κ2) is 9.27. The van der Waals surface area contributed by atoms with Gasteiger partial charge in [-0.25, -0.2) is 8.42 Å². The summed E-state index contributed by atoms with van der Waals surface area (Å²) >= 11 is 0. The number of carbonyl (C=O) groups excluding carboxylic acids is 2. The van der Waals surface area contributed by atoms with Crippen LogP contribution < -0.4 is 5.32 Å². The molecular weight excluding hydrogens is 430 g/mol. The van der Waals surface area contributed by atoms with E-state index < -0.39 is 32.8 Å². The minimum atomic E-state index is -3.79. The molecule has 0 aromatic heterocycles. The third-order valence-corrected chi connectivity index (χ3v) is 8.56. The van der Waals surface area contributed by atoms with Gasteiger partial charge in [0.2, 0.25) is 11.8 Å². The molecule has 9 heteroatoms. The standard InChI is InChI=1S/C23H25N3O5S/c24-8-9-25-22(27)19-14-17(15-20(19)23(28)26-10-12-31-13-11-26)32(29,30)21-7-3-5-16-4-1-2-6-18(16)21/h1-7,17,19-20H,9-15H2,(H,25,27)/t17?,19-,20-/m1/s1. The number of nitrogens with zero attached hydrogens (tertiary/aromatic N) is 2. The van der Waals surface area contributed by atoms with Crippen molar-refractivity contribution in [2.45, 2.75) is 23.0 Å². The predicted molar refractivity (Wildman–Crippen MR) is 117 cm³/mol. The highest BCUT2D eigenvalue weighted by atomic mass is 32.2. The van der Waals surface area contributed by atoms with E-state index in [1.165, 1.54) is 0 Å². The lowest BCUT2D eigenvalue weighted by atomic mass is 9.93. The molecule has 32 heavy (non-hydrogen) atoms. The van der Waals surface area contributed by atoms with Crippen LogP contribution in [0.5, 0.6) is 0 Å². The highest BCUT2D eigenvalue weighted by molar-refractivity contribution is 7.92. The van der Waals surface area contributed by atoms with E-state index >= 15 is 0 Å². The average Bonchev–Trinajstić information content (AvgIpc) is 3.29. The van der Waals surface area contributed by atoms with Crippen LogP contribution in [-0.2, 0) is 24.2 Å². The number of nitrogens with one attached hydrogen (secondary N) is 1. The molecule has 0 spiro atoms. The zero-order chi connectivity index (χ0) is 22.7. The van der Waals surface area contributed by atoms with Crippen LogP contribution in [0, 0.1) is 23.2 Å². The Morgan fingerprint density at radius 1 is 1.06 bits per heavy atom. The molecule has 1 aliphatic carbocycles. The Morgan fingerprint density at radius 2 is 1.75 bits per heavy atom. The van der Waals surface area contributed by atoms with E-state index in [0.29, 0.717) is 31.7 Å². The molecule has 1 aliphatic heterocycles. The van der Waals surface area contributed by atoms with E-state index in [9.17, 15) is 18.0 Å². The first-order valence-corrected chi connectivity index (χ1v) is 12.2. The number of rotatable bonds is 5. The lowest BCUT2D eigenvalue weighted by Gasteiger charge is -2.30. The number of amides is 2. The Balaban J connectivity index is 1.66. The molecule has 4 rings (SSSR count). The van der Waals surface area contributed by atoms with Gasteiger partial charge in [0.15, 0.2) is 9.84 Å². The highest BCUT2D eigenvalue weighted by Crippen LogP contribution is 2.41. The first-order valence-electron chi connectivity index (χ1n) is 10.7. The lowest BCUT2D eigenvalue weighted by Crippen LogP contribution is -2.46. The fraction of sp³-hybridized carbons (Fsp3) is 0.435. The summed E-state index contributed by atoms with van der Waals surface area (Å²) in [5.74, 6) is -2.22. The van der Waals surface area contributed by atoms with Crippen LogP contribution in [0.4, 0.5) is 0 Å². The van der Waals surface area contributed by atoms with Gasteiger partial charge in [0.1, 0.15) is 6.54 Å². The number of morpholine rings is 1. The fourth-order valence-electron chi connectivity index (χ4n) is 4.71. The van der Waals surface area contributed by atoms with Gasteiger partial charge in [-0.2, -0.15) is 5.26 Å². The molecule has 1 heterocycles. The molecule has 0 bridgehead atoms. The number of sulfone groups is 1. The molecule has 1 N–H and O–H groups in total. The van der Waals surface area contributed by atoms with Gasteiger partial charge in [-0.3, -0.25) is 9.59 Å². The maximum Gasteiger partial charge on any atom is 0.226 e. The fourth-order valence-corrected chi connectivity index (χ4v) is 6.75. The number of hydrogen-bond donors (Lipinski definition) is 1. The minimum Gasteiger partial charge on any atom is -0.378 e. The van der Waals surface area contributed by atoms with Crippen molar-refractivity contribution in [2.75, 3.05) is 32.8 Å². The van der Waals surface area contributed by atoms with Gasteiger partial charge in [-0.1, -0.05) is 36.4 Å². The van der Waals surface area contributed by atoms with Gasteiger partial charge < -0.3 is 15.0 Å². The van der Waals surface area contributed by atoms with E-state index in [1.54, 1.807) is 29.2 Å². The van der Waals surface area contributed by atoms with Crippen molar-refractivity contribution in [3.8, 4) is 6.07 Å². The van der Waals surface area contributed by atoms with E-state index in [-0.39, 0.29) is 30.2 Å². The average molecular weight is 456 g/mol. The summed E-state index contributed by atoms with van der Waals surface area (Å²) in [4.78, 5) is 27.9. The van der Waals surface area contributed by atoms with Crippen LogP contribution in [0.1, 0.15) is 12.8 Å².